The van der Waals surface area contributed by atoms with Crippen molar-refractivity contribution < 1.29 is 0 Å². The van der Waals surface area contributed by atoms with E-state index in [4.69, 9.17) is 5.73 Å². The molecule has 2 rings (SSSR count). The summed E-state index contributed by atoms with van der Waals surface area (Å²) in [6.07, 6.45) is 2.65. The molecule has 0 saturated heterocycles. The van der Waals surface area contributed by atoms with Gasteiger partial charge in [0.15, 0.2) is 5.82 Å². The summed E-state index contributed by atoms with van der Waals surface area (Å²) in [6.45, 7) is 2.42. The molecule has 5 heteroatoms. The molecule has 0 bridgehead atoms. The van der Waals surface area contributed by atoms with E-state index in [9.17, 15) is 0 Å². The van der Waals surface area contributed by atoms with Crippen molar-refractivity contribution in [2.45, 2.75) is 19.9 Å². The molecule has 0 aromatic carbocycles. The average Bonchev–Trinajstić information content (AvgIpc) is 2.59. The summed E-state index contributed by atoms with van der Waals surface area (Å²) in [7, 11) is 0. The van der Waals surface area contributed by atoms with Gasteiger partial charge < -0.3 is 5.73 Å². The van der Waals surface area contributed by atoms with Crippen LogP contribution in [-0.2, 0) is 13.0 Å². The van der Waals surface area contributed by atoms with Gasteiger partial charge in [-0.2, -0.15) is 4.98 Å². The van der Waals surface area contributed by atoms with Gasteiger partial charge in [-0.1, -0.05) is 6.92 Å². The minimum atomic E-state index is 0.354. The van der Waals surface area contributed by atoms with E-state index in [1.54, 1.807) is 10.7 Å². The Bertz CT molecular complexity index is 419. The Morgan fingerprint density at radius 3 is 3.08 bits per heavy atom. The lowest BCUT2D eigenvalue weighted by atomic mass is 10.3. The maximum absolute atomic E-state index is 5.44. The number of fused-ring (bicyclic) bond motifs is 1. The molecule has 2 N–H and O–H groups in total. The fraction of sp³-hybridized carbons (Fsp3) is 0.375. The summed E-state index contributed by atoms with van der Waals surface area (Å²) >= 11 is 0. The van der Waals surface area contributed by atoms with Gasteiger partial charge >= 0.3 is 0 Å². The van der Waals surface area contributed by atoms with Gasteiger partial charge in [0.1, 0.15) is 0 Å². The summed E-state index contributed by atoms with van der Waals surface area (Å²) in [5.74, 6) is 1.26. The molecule has 0 unspecified atom stereocenters. The van der Waals surface area contributed by atoms with Crippen LogP contribution in [0.3, 0.4) is 0 Å². The molecule has 0 radical (unpaired) electrons. The Morgan fingerprint density at radius 1 is 1.54 bits per heavy atom. The highest BCUT2D eigenvalue weighted by molar-refractivity contribution is 5.28. The van der Waals surface area contributed by atoms with E-state index >= 15 is 0 Å². The van der Waals surface area contributed by atoms with E-state index < -0.39 is 0 Å². The monoisotopic (exact) mass is 177 g/mol. The smallest absolute Gasteiger partial charge is 0.252 e. The van der Waals surface area contributed by atoms with Crippen molar-refractivity contribution in [2.24, 2.45) is 5.73 Å². The Kier molecular flexibility index (Phi) is 1.94. The molecule has 5 nitrogen and oxygen atoms in total. The first-order chi connectivity index (χ1) is 6.35. The molecular weight excluding hydrogens is 166 g/mol. The highest BCUT2D eigenvalue weighted by atomic mass is 15.3. The van der Waals surface area contributed by atoms with Crippen LogP contribution in [0.1, 0.15) is 18.4 Å². The van der Waals surface area contributed by atoms with E-state index in [0.717, 1.165) is 12.1 Å². The molecule has 0 aliphatic heterocycles. The molecule has 13 heavy (non-hydrogen) atoms. The van der Waals surface area contributed by atoms with Gasteiger partial charge in [-0.05, 0) is 12.5 Å². The standard InChI is InChI=1S/C8H11N5/c1-2-6-3-4-10-8-11-7(5-9)12-13(6)8/h3-4H,2,5,9H2,1H3. The number of aryl methyl sites for hydroxylation is 1. The molecule has 0 amide bonds. The number of nitrogens with two attached hydrogens (primary N) is 1. The van der Waals surface area contributed by atoms with Crippen LogP contribution >= 0.6 is 0 Å². The van der Waals surface area contributed by atoms with Crippen LogP contribution in [-0.4, -0.2) is 19.6 Å². The number of aromatic nitrogens is 4. The Morgan fingerprint density at radius 2 is 2.38 bits per heavy atom. The van der Waals surface area contributed by atoms with E-state index in [1.807, 2.05) is 6.07 Å². The van der Waals surface area contributed by atoms with E-state index in [-0.39, 0.29) is 0 Å². The molecule has 68 valence electrons. The van der Waals surface area contributed by atoms with Gasteiger partial charge in [-0.25, -0.2) is 9.50 Å². The van der Waals surface area contributed by atoms with Gasteiger partial charge in [0.25, 0.3) is 5.78 Å². The Balaban J connectivity index is 2.67. The SMILES string of the molecule is CCc1ccnc2nc(CN)nn12. The number of nitrogens with zero attached hydrogens (tertiary/aromatic N) is 4. The van der Waals surface area contributed by atoms with Gasteiger partial charge in [0.2, 0.25) is 0 Å². The zero-order chi connectivity index (χ0) is 9.26. The lowest BCUT2D eigenvalue weighted by molar-refractivity contribution is 0.814. The minimum Gasteiger partial charge on any atom is -0.324 e. The summed E-state index contributed by atoms with van der Waals surface area (Å²) in [6, 6.07) is 1.93. The van der Waals surface area contributed by atoms with Crippen LogP contribution < -0.4 is 5.73 Å². The highest BCUT2D eigenvalue weighted by Crippen LogP contribution is 2.02. The second kappa shape index (κ2) is 3.10. The maximum atomic E-state index is 5.44. The van der Waals surface area contributed by atoms with Crippen molar-refractivity contribution in [3.05, 3.63) is 23.8 Å². The molecule has 2 aromatic rings. The van der Waals surface area contributed by atoms with Crippen molar-refractivity contribution in [1.29, 1.82) is 0 Å². The average molecular weight is 177 g/mol. The number of hydrogen-bond acceptors (Lipinski definition) is 4. The predicted molar refractivity (Wildman–Crippen MR) is 48.1 cm³/mol. The molecule has 2 heterocycles. The van der Waals surface area contributed by atoms with Crippen LogP contribution in [0.15, 0.2) is 12.3 Å². The summed E-state index contributed by atoms with van der Waals surface area (Å²) in [5.41, 5.74) is 6.53. The fourth-order valence-electron chi connectivity index (χ4n) is 1.24. The molecule has 0 spiro atoms. The van der Waals surface area contributed by atoms with E-state index in [1.165, 1.54) is 0 Å². The van der Waals surface area contributed by atoms with Crippen LogP contribution in [0, 0.1) is 0 Å². The molecule has 0 fully saturated rings. The summed E-state index contributed by atoms with van der Waals surface area (Å²) in [5, 5.41) is 4.22. The fourth-order valence-corrected chi connectivity index (χ4v) is 1.24. The predicted octanol–water partition coefficient (Wildman–Crippen LogP) is 0.145. The third-order valence-corrected chi connectivity index (χ3v) is 1.91. The minimum absolute atomic E-state index is 0.354. The second-order valence-corrected chi connectivity index (χ2v) is 2.73. The first-order valence-corrected chi connectivity index (χ1v) is 4.24. The van der Waals surface area contributed by atoms with Gasteiger partial charge in [0.05, 0.1) is 6.54 Å². The van der Waals surface area contributed by atoms with Gasteiger partial charge in [0, 0.05) is 11.9 Å². The highest BCUT2D eigenvalue weighted by Gasteiger charge is 2.04. The molecule has 0 aliphatic rings. The molecule has 0 saturated carbocycles. The van der Waals surface area contributed by atoms with Crippen LogP contribution in [0.4, 0.5) is 0 Å². The maximum Gasteiger partial charge on any atom is 0.252 e. The molecular formula is C8H11N5. The first kappa shape index (κ1) is 8.12. The van der Waals surface area contributed by atoms with E-state index in [2.05, 4.69) is 22.0 Å². The third-order valence-electron chi connectivity index (χ3n) is 1.91. The number of hydrogen-bond donors (Lipinski definition) is 1. The molecule has 0 atom stereocenters. The van der Waals surface area contributed by atoms with Crippen molar-refractivity contribution >= 4 is 5.78 Å². The zero-order valence-corrected chi connectivity index (χ0v) is 7.44. The van der Waals surface area contributed by atoms with Crippen molar-refractivity contribution in [3.8, 4) is 0 Å². The van der Waals surface area contributed by atoms with E-state index in [0.29, 0.717) is 18.1 Å². The lowest BCUT2D eigenvalue weighted by Gasteiger charge is -1.97. The molecule has 0 aliphatic carbocycles. The summed E-state index contributed by atoms with van der Waals surface area (Å²) in [4.78, 5) is 8.25. The van der Waals surface area contributed by atoms with Crippen LogP contribution in [0.25, 0.3) is 5.78 Å². The number of rotatable bonds is 2. The largest absolute Gasteiger partial charge is 0.324 e. The van der Waals surface area contributed by atoms with Gasteiger partial charge in [-0.3, -0.25) is 0 Å². The van der Waals surface area contributed by atoms with Crippen molar-refractivity contribution in [1.82, 2.24) is 19.6 Å². The Labute approximate surface area is 75.6 Å². The van der Waals surface area contributed by atoms with Crippen LogP contribution in [0.5, 0.6) is 0 Å². The van der Waals surface area contributed by atoms with Crippen molar-refractivity contribution in [2.75, 3.05) is 0 Å². The quantitative estimate of drug-likeness (QED) is 0.708. The zero-order valence-electron chi connectivity index (χ0n) is 7.44. The Hall–Kier alpha value is -1.49. The topological polar surface area (TPSA) is 69.1 Å². The van der Waals surface area contributed by atoms with Crippen molar-refractivity contribution in [3.63, 3.8) is 0 Å². The van der Waals surface area contributed by atoms with Gasteiger partial charge in [-0.15, -0.1) is 5.10 Å². The summed E-state index contributed by atoms with van der Waals surface area (Å²) < 4.78 is 1.74. The first-order valence-electron chi connectivity index (χ1n) is 4.24. The van der Waals surface area contributed by atoms with Crippen LogP contribution in [0.2, 0.25) is 0 Å². The normalized spacial score (nSPS) is 10.9. The third kappa shape index (κ3) is 1.27. The lowest BCUT2D eigenvalue weighted by Crippen LogP contribution is -2.00. The second-order valence-electron chi connectivity index (χ2n) is 2.73. The molecule has 2 aromatic heterocycles.